The van der Waals surface area contributed by atoms with Gasteiger partial charge in [0, 0.05) is 16.7 Å². The molecule has 0 aromatic rings. The molecule has 5 aliphatic carbocycles. The van der Waals surface area contributed by atoms with Crippen LogP contribution >= 0.6 is 0 Å². The van der Waals surface area contributed by atoms with Crippen molar-refractivity contribution in [2.45, 2.75) is 108 Å². The Morgan fingerprint density at radius 1 is 0.917 bits per heavy atom. The van der Waals surface area contributed by atoms with Crippen molar-refractivity contribution in [2.24, 2.45) is 39.9 Å². The van der Waals surface area contributed by atoms with Gasteiger partial charge in [-0.25, -0.2) is 4.79 Å². The number of hydrogen-bond acceptors (Lipinski definition) is 8. The zero-order chi connectivity index (χ0) is 26.3. The third kappa shape index (κ3) is 2.49. The lowest BCUT2D eigenvalue weighted by molar-refractivity contribution is -0.245. The smallest absolute Gasteiger partial charge is 0.338 e. The molecule has 4 saturated carbocycles. The Labute approximate surface area is 211 Å². The molecule has 8 nitrogen and oxygen atoms in total. The highest BCUT2D eigenvalue weighted by Gasteiger charge is 2.76. The monoisotopic (exact) mass is 504 g/mol. The van der Waals surface area contributed by atoms with Crippen LogP contribution in [0.2, 0.25) is 0 Å². The summed E-state index contributed by atoms with van der Waals surface area (Å²) in [5.74, 6) is -1.93. The molecule has 2 bridgehead atoms. The van der Waals surface area contributed by atoms with Crippen molar-refractivity contribution < 1.29 is 39.9 Å². The van der Waals surface area contributed by atoms with Crippen LogP contribution in [0.3, 0.4) is 0 Å². The van der Waals surface area contributed by atoms with Crippen molar-refractivity contribution in [2.75, 3.05) is 0 Å². The van der Waals surface area contributed by atoms with E-state index in [2.05, 4.69) is 0 Å². The lowest BCUT2D eigenvalue weighted by Gasteiger charge is -2.63. The summed E-state index contributed by atoms with van der Waals surface area (Å²) in [4.78, 5) is 25.9. The first-order chi connectivity index (χ1) is 16.6. The maximum absolute atomic E-state index is 13.3. The van der Waals surface area contributed by atoms with Gasteiger partial charge in [-0.2, -0.15) is 0 Å². The van der Waals surface area contributed by atoms with Crippen molar-refractivity contribution in [3.8, 4) is 0 Å². The van der Waals surface area contributed by atoms with E-state index in [9.17, 15) is 35.1 Å². The second-order valence-corrected chi connectivity index (χ2v) is 13.9. The van der Waals surface area contributed by atoms with Gasteiger partial charge in [0.05, 0.1) is 17.6 Å². The van der Waals surface area contributed by atoms with Gasteiger partial charge >= 0.3 is 5.97 Å². The minimum atomic E-state index is -1.67. The van der Waals surface area contributed by atoms with Crippen LogP contribution in [0.25, 0.3) is 0 Å². The maximum atomic E-state index is 13.3. The average Bonchev–Trinajstić information content (AvgIpc) is 3.22. The molecule has 0 aromatic heterocycles. The quantitative estimate of drug-likeness (QED) is 0.336. The van der Waals surface area contributed by atoms with Crippen LogP contribution in [-0.2, 0) is 14.3 Å². The third-order valence-corrected chi connectivity index (χ3v) is 12.8. The van der Waals surface area contributed by atoms with Gasteiger partial charge in [0.15, 0.2) is 11.4 Å². The first-order valence-electron chi connectivity index (χ1n) is 13.5. The minimum Gasteiger partial charge on any atom is -0.460 e. The van der Waals surface area contributed by atoms with Gasteiger partial charge in [-0.1, -0.05) is 19.9 Å². The molecule has 36 heavy (non-hydrogen) atoms. The summed E-state index contributed by atoms with van der Waals surface area (Å²) in [7, 11) is 0. The molecule has 1 aliphatic heterocycles. The predicted molar refractivity (Wildman–Crippen MR) is 127 cm³/mol. The van der Waals surface area contributed by atoms with E-state index in [1.807, 2.05) is 13.8 Å². The number of ketones is 1. The van der Waals surface area contributed by atoms with Gasteiger partial charge < -0.3 is 30.3 Å². The molecule has 6 aliphatic rings. The van der Waals surface area contributed by atoms with Crippen LogP contribution < -0.4 is 0 Å². The number of aliphatic hydroxyl groups is 5. The number of carbonyl (C=O) groups excluding carboxylic acids is 2. The lowest BCUT2D eigenvalue weighted by atomic mass is 9.42. The molecular weight excluding hydrogens is 464 g/mol. The summed E-state index contributed by atoms with van der Waals surface area (Å²) < 4.78 is 5.67. The van der Waals surface area contributed by atoms with E-state index >= 15 is 0 Å². The van der Waals surface area contributed by atoms with Gasteiger partial charge in [-0.3, -0.25) is 4.79 Å². The second-order valence-electron chi connectivity index (χ2n) is 13.9. The fraction of sp³-hybridized carbons (Fsp3) is 0.857. The second kappa shape index (κ2) is 7.00. The molecule has 1 heterocycles. The lowest BCUT2D eigenvalue weighted by Crippen LogP contribution is -2.70. The Balaban J connectivity index is 1.39. The molecule has 8 heteroatoms. The van der Waals surface area contributed by atoms with E-state index in [0.717, 1.165) is 0 Å². The molecule has 6 rings (SSSR count). The fourth-order valence-corrected chi connectivity index (χ4v) is 10.2. The number of ether oxygens (including phenoxy) is 1. The van der Waals surface area contributed by atoms with Crippen LogP contribution in [0.15, 0.2) is 12.2 Å². The molecule has 0 amide bonds. The molecular formula is C28H40O8. The predicted octanol–water partition coefficient (Wildman–Crippen LogP) is 1.25. The standard InChI is InChI=1S/C28H40O8/c1-23-12-17(18(13-23)36-22(32)26(23,4)33)28(35)21(31)11-16-14-10-20(30)27(34)8-5-6-19(29)25(27,3)15(14)7-9-24(16,28)2/h5-6,14-18,20-21,30-31,33-35H,7-13H2,1-4H3/t14-,15+,16+,17-,18-,20+,21-,23-,24+,25+,26+,27-,28-/m1/s1. The summed E-state index contributed by atoms with van der Waals surface area (Å²) in [5, 5.41) is 57.7. The number of allylic oxidation sites excluding steroid dienone is 1. The van der Waals surface area contributed by atoms with Crippen LogP contribution in [-0.4, -0.2) is 72.4 Å². The summed E-state index contributed by atoms with van der Waals surface area (Å²) in [6.07, 6.45) is 3.13. The van der Waals surface area contributed by atoms with Crippen molar-refractivity contribution in [3.05, 3.63) is 12.2 Å². The van der Waals surface area contributed by atoms with Gasteiger partial charge in [0.1, 0.15) is 17.3 Å². The van der Waals surface area contributed by atoms with E-state index < -0.39 is 63.2 Å². The van der Waals surface area contributed by atoms with E-state index in [0.29, 0.717) is 38.5 Å². The van der Waals surface area contributed by atoms with E-state index in [-0.39, 0.29) is 30.0 Å². The van der Waals surface area contributed by atoms with Crippen molar-refractivity contribution in [3.63, 3.8) is 0 Å². The molecule has 0 radical (unpaired) electrons. The van der Waals surface area contributed by atoms with Gasteiger partial charge in [-0.05, 0) is 82.6 Å². The number of esters is 1. The number of carbonyl (C=O) groups is 2. The van der Waals surface area contributed by atoms with Gasteiger partial charge in [-0.15, -0.1) is 0 Å². The van der Waals surface area contributed by atoms with Crippen molar-refractivity contribution in [1.29, 1.82) is 0 Å². The molecule has 200 valence electrons. The topological polar surface area (TPSA) is 145 Å². The summed E-state index contributed by atoms with van der Waals surface area (Å²) in [5.41, 5.74) is -7.41. The van der Waals surface area contributed by atoms with Gasteiger partial charge in [0.25, 0.3) is 0 Å². The van der Waals surface area contributed by atoms with Crippen LogP contribution in [0.1, 0.15) is 72.6 Å². The molecule has 1 saturated heterocycles. The Morgan fingerprint density at radius 3 is 2.31 bits per heavy atom. The minimum absolute atomic E-state index is 0.162. The highest BCUT2D eigenvalue weighted by atomic mass is 16.6. The average molecular weight is 505 g/mol. The Kier molecular flexibility index (Phi) is 4.86. The number of hydrogen-bond donors (Lipinski definition) is 5. The fourth-order valence-electron chi connectivity index (χ4n) is 10.2. The summed E-state index contributed by atoms with van der Waals surface area (Å²) >= 11 is 0. The van der Waals surface area contributed by atoms with E-state index in [1.165, 1.54) is 13.0 Å². The third-order valence-electron chi connectivity index (χ3n) is 12.8. The zero-order valence-corrected chi connectivity index (χ0v) is 21.6. The molecule has 0 spiro atoms. The van der Waals surface area contributed by atoms with Gasteiger partial charge in [0.2, 0.25) is 0 Å². The molecule has 13 atom stereocenters. The van der Waals surface area contributed by atoms with Crippen LogP contribution in [0.4, 0.5) is 0 Å². The molecule has 5 N–H and O–H groups in total. The Bertz CT molecular complexity index is 1050. The first-order valence-corrected chi connectivity index (χ1v) is 13.5. The van der Waals surface area contributed by atoms with E-state index in [4.69, 9.17) is 4.74 Å². The van der Waals surface area contributed by atoms with E-state index in [1.54, 1.807) is 13.0 Å². The maximum Gasteiger partial charge on any atom is 0.338 e. The number of rotatable bonds is 1. The SMILES string of the molecule is C[C@@]12C[C@@H]([C@@]3(O)[C@H](O)C[C@H]4[C@@H]5C[C@H](O)[C@]6(O)CC=CC(=O)[C@]6(C)[C@H]5CC[C@@]43C)[C@@H](C1)OC(=O)[C@]2(C)O. The molecule has 0 unspecified atom stereocenters. The van der Waals surface area contributed by atoms with Crippen molar-refractivity contribution >= 4 is 11.8 Å². The van der Waals surface area contributed by atoms with Crippen LogP contribution in [0.5, 0.6) is 0 Å². The first kappa shape index (κ1) is 25.0. The normalized spacial score (nSPS) is 61.9. The summed E-state index contributed by atoms with van der Waals surface area (Å²) in [6.45, 7) is 7.09. The summed E-state index contributed by atoms with van der Waals surface area (Å²) in [6, 6.07) is 0. The highest BCUT2D eigenvalue weighted by molar-refractivity contribution is 5.97. The molecule has 0 aromatic carbocycles. The largest absolute Gasteiger partial charge is 0.460 e. The Morgan fingerprint density at radius 2 is 1.61 bits per heavy atom. The number of aliphatic hydroxyl groups excluding tert-OH is 2. The van der Waals surface area contributed by atoms with Crippen molar-refractivity contribution in [1.82, 2.24) is 0 Å². The zero-order valence-electron chi connectivity index (χ0n) is 21.6. The van der Waals surface area contributed by atoms with Crippen LogP contribution in [0, 0.1) is 39.9 Å². The number of fused-ring (bicyclic) bond motifs is 7. The molecule has 5 fully saturated rings. The Hall–Kier alpha value is -1.32. The highest BCUT2D eigenvalue weighted by Crippen LogP contribution is 2.71.